The summed E-state index contributed by atoms with van der Waals surface area (Å²) in [5.74, 6) is 2.18. The summed E-state index contributed by atoms with van der Waals surface area (Å²) in [6.45, 7) is 5.63. The Morgan fingerprint density at radius 3 is 3.00 bits per heavy atom. The van der Waals surface area contributed by atoms with E-state index in [9.17, 15) is 4.79 Å². The number of hydrogen-bond donors (Lipinski definition) is 0. The minimum Gasteiger partial charge on any atom is -0.341 e. The number of aryl methyl sites for hydroxylation is 2. The Balaban J connectivity index is 1.54. The lowest BCUT2D eigenvalue weighted by molar-refractivity contribution is -0.129. The Bertz CT molecular complexity index is 785. The highest BCUT2D eigenvalue weighted by atomic mass is 16.5. The van der Waals surface area contributed by atoms with Crippen molar-refractivity contribution in [3.8, 4) is 0 Å². The van der Waals surface area contributed by atoms with Crippen LogP contribution < -0.4 is 0 Å². The fourth-order valence-electron chi connectivity index (χ4n) is 4.53. The molecule has 0 bridgehead atoms. The third-order valence-corrected chi connectivity index (χ3v) is 6.04. The molecular formula is C20H25N3O2. The maximum atomic E-state index is 12.9. The fourth-order valence-corrected chi connectivity index (χ4v) is 4.53. The largest absolute Gasteiger partial charge is 0.341 e. The first kappa shape index (κ1) is 16.3. The Kier molecular flexibility index (Phi) is 4.10. The van der Waals surface area contributed by atoms with Crippen molar-refractivity contribution in [3.05, 3.63) is 47.1 Å². The molecule has 1 aromatic heterocycles. The van der Waals surface area contributed by atoms with Crippen LogP contribution in [0, 0.1) is 12.8 Å². The first-order chi connectivity index (χ1) is 12.1. The predicted molar refractivity (Wildman–Crippen MR) is 94.2 cm³/mol. The van der Waals surface area contributed by atoms with Gasteiger partial charge < -0.3 is 9.42 Å². The number of amides is 1. The summed E-state index contributed by atoms with van der Waals surface area (Å²) in [5, 5.41) is 4.27. The second-order valence-electron chi connectivity index (χ2n) is 7.49. The van der Waals surface area contributed by atoms with Crippen LogP contribution in [0.1, 0.15) is 49.0 Å². The van der Waals surface area contributed by atoms with E-state index in [-0.39, 0.29) is 11.3 Å². The minimum atomic E-state index is -0.0989. The van der Waals surface area contributed by atoms with Crippen molar-refractivity contribution in [2.45, 2.75) is 51.4 Å². The molecule has 1 aromatic carbocycles. The average molecular weight is 339 g/mol. The van der Waals surface area contributed by atoms with Gasteiger partial charge in [0, 0.05) is 19.5 Å². The number of rotatable bonds is 4. The van der Waals surface area contributed by atoms with Gasteiger partial charge in [-0.25, -0.2) is 0 Å². The molecule has 1 aliphatic carbocycles. The molecule has 1 saturated heterocycles. The van der Waals surface area contributed by atoms with Crippen molar-refractivity contribution < 1.29 is 9.32 Å². The van der Waals surface area contributed by atoms with Crippen molar-refractivity contribution in [2.75, 3.05) is 13.1 Å². The standard InChI is InChI=1S/C20H25N3O2/c1-3-17-21-19(22-25-17)20-10-6-9-16(20)12-23(13-20)18(24)11-15-8-5-4-7-14(15)2/h4-5,7-8,16H,3,6,9-13H2,1-2H3. The number of likely N-dealkylation sites (tertiary alicyclic amines) is 1. The monoisotopic (exact) mass is 339 g/mol. The summed E-state index contributed by atoms with van der Waals surface area (Å²) in [7, 11) is 0. The third kappa shape index (κ3) is 2.75. The van der Waals surface area contributed by atoms with Crippen LogP contribution >= 0.6 is 0 Å². The fraction of sp³-hybridized carbons (Fsp3) is 0.550. The van der Waals surface area contributed by atoms with E-state index < -0.39 is 0 Å². The topological polar surface area (TPSA) is 59.2 Å². The first-order valence-corrected chi connectivity index (χ1v) is 9.28. The molecule has 2 unspecified atom stereocenters. The number of carbonyl (C=O) groups excluding carboxylic acids is 1. The summed E-state index contributed by atoms with van der Waals surface area (Å²) >= 11 is 0. The molecule has 2 aromatic rings. The van der Waals surface area contributed by atoms with E-state index in [2.05, 4.69) is 23.1 Å². The first-order valence-electron chi connectivity index (χ1n) is 9.28. The van der Waals surface area contributed by atoms with Crippen LogP contribution in [0.3, 0.4) is 0 Å². The van der Waals surface area contributed by atoms with E-state index in [0.717, 1.165) is 43.7 Å². The van der Waals surface area contributed by atoms with E-state index in [4.69, 9.17) is 4.52 Å². The van der Waals surface area contributed by atoms with Gasteiger partial charge in [-0.3, -0.25) is 4.79 Å². The lowest BCUT2D eigenvalue weighted by Gasteiger charge is -2.24. The molecule has 25 heavy (non-hydrogen) atoms. The van der Waals surface area contributed by atoms with Crippen molar-refractivity contribution in [1.29, 1.82) is 0 Å². The van der Waals surface area contributed by atoms with Gasteiger partial charge in [0.05, 0.1) is 11.8 Å². The van der Waals surface area contributed by atoms with Gasteiger partial charge in [0.25, 0.3) is 0 Å². The molecule has 5 nitrogen and oxygen atoms in total. The van der Waals surface area contributed by atoms with E-state index in [0.29, 0.717) is 18.2 Å². The van der Waals surface area contributed by atoms with E-state index in [1.165, 1.54) is 12.0 Å². The van der Waals surface area contributed by atoms with Gasteiger partial charge in [-0.2, -0.15) is 4.98 Å². The van der Waals surface area contributed by atoms with Gasteiger partial charge in [0.15, 0.2) is 5.82 Å². The number of carbonyl (C=O) groups is 1. The molecule has 1 aliphatic heterocycles. The van der Waals surface area contributed by atoms with Gasteiger partial charge in [-0.05, 0) is 36.8 Å². The maximum absolute atomic E-state index is 12.9. The van der Waals surface area contributed by atoms with Gasteiger partial charge in [0.1, 0.15) is 0 Å². The molecule has 4 rings (SSSR count). The second-order valence-corrected chi connectivity index (χ2v) is 7.49. The molecule has 1 amide bonds. The number of benzene rings is 1. The molecular weight excluding hydrogens is 314 g/mol. The van der Waals surface area contributed by atoms with Crippen LogP contribution in [0.5, 0.6) is 0 Å². The molecule has 2 atom stereocenters. The van der Waals surface area contributed by atoms with Crippen molar-refractivity contribution in [2.24, 2.45) is 5.92 Å². The van der Waals surface area contributed by atoms with Crippen molar-refractivity contribution in [1.82, 2.24) is 15.0 Å². The lowest BCUT2D eigenvalue weighted by Crippen LogP contribution is -2.36. The van der Waals surface area contributed by atoms with Gasteiger partial charge >= 0.3 is 0 Å². The minimum absolute atomic E-state index is 0.0989. The normalized spacial score (nSPS) is 25.4. The highest BCUT2D eigenvalue weighted by Gasteiger charge is 2.54. The number of hydrogen-bond acceptors (Lipinski definition) is 4. The van der Waals surface area contributed by atoms with Crippen LogP contribution in [-0.4, -0.2) is 34.0 Å². The van der Waals surface area contributed by atoms with Crippen LogP contribution in [0.4, 0.5) is 0 Å². The summed E-state index contributed by atoms with van der Waals surface area (Å²) in [6.07, 6.45) is 4.60. The van der Waals surface area contributed by atoms with Crippen molar-refractivity contribution in [3.63, 3.8) is 0 Å². The highest BCUT2D eigenvalue weighted by Crippen LogP contribution is 2.49. The molecule has 2 aliphatic rings. The van der Waals surface area contributed by atoms with Crippen LogP contribution in [0.25, 0.3) is 0 Å². The van der Waals surface area contributed by atoms with Crippen LogP contribution in [0.2, 0.25) is 0 Å². The zero-order valence-electron chi connectivity index (χ0n) is 15.0. The van der Waals surface area contributed by atoms with Crippen LogP contribution in [0.15, 0.2) is 28.8 Å². The zero-order valence-corrected chi connectivity index (χ0v) is 15.0. The third-order valence-electron chi connectivity index (χ3n) is 6.04. The molecule has 132 valence electrons. The van der Waals surface area contributed by atoms with Gasteiger partial charge in [-0.15, -0.1) is 0 Å². The number of aromatic nitrogens is 2. The Labute approximate surface area is 148 Å². The number of fused-ring (bicyclic) bond motifs is 1. The molecule has 0 N–H and O–H groups in total. The molecule has 2 fully saturated rings. The Morgan fingerprint density at radius 1 is 1.40 bits per heavy atom. The predicted octanol–water partition coefficient (Wildman–Crippen LogP) is 3.06. The summed E-state index contributed by atoms with van der Waals surface area (Å²) in [6, 6.07) is 8.13. The SMILES string of the molecule is CCc1nc(C23CCCC2CN(C(=O)Cc2ccccc2C)C3)no1. The summed E-state index contributed by atoms with van der Waals surface area (Å²) in [4.78, 5) is 19.5. The van der Waals surface area contributed by atoms with Gasteiger partial charge in [0.2, 0.25) is 11.8 Å². The average Bonchev–Trinajstić information content (AvgIpc) is 3.30. The Morgan fingerprint density at radius 2 is 2.24 bits per heavy atom. The van der Waals surface area contributed by atoms with E-state index in [1.807, 2.05) is 30.0 Å². The van der Waals surface area contributed by atoms with Crippen molar-refractivity contribution >= 4 is 5.91 Å². The zero-order chi connectivity index (χ0) is 17.4. The lowest BCUT2D eigenvalue weighted by atomic mass is 9.80. The van der Waals surface area contributed by atoms with Crippen LogP contribution in [-0.2, 0) is 23.1 Å². The molecule has 2 heterocycles. The second kappa shape index (κ2) is 6.28. The summed E-state index contributed by atoms with van der Waals surface area (Å²) in [5.41, 5.74) is 2.19. The molecule has 5 heteroatoms. The van der Waals surface area contributed by atoms with E-state index in [1.54, 1.807) is 0 Å². The quantitative estimate of drug-likeness (QED) is 0.859. The smallest absolute Gasteiger partial charge is 0.227 e. The molecule has 0 radical (unpaired) electrons. The molecule has 0 spiro atoms. The summed E-state index contributed by atoms with van der Waals surface area (Å²) < 4.78 is 5.37. The highest BCUT2D eigenvalue weighted by molar-refractivity contribution is 5.79. The Hall–Kier alpha value is -2.17. The van der Waals surface area contributed by atoms with E-state index >= 15 is 0 Å². The van der Waals surface area contributed by atoms with Gasteiger partial charge in [-0.1, -0.05) is 42.8 Å². The molecule has 1 saturated carbocycles. The number of nitrogens with zero attached hydrogens (tertiary/aromatic N) is 3. The maximum Gasteiger partial charge on any atom is 0.227 e.